The van der Waals surface area contributed by atoms with Crippen LogP contribution in [0.1, 0.15) is 29.9 Å². The first-order chi connectivity index (χ1) is 12.2. The molecule has 1 amide bonds. The number of hydrogen-bond acceptors (Lipinski definition) is 5. The van der Waals surface area contributed by atoms with Crippen LogP contribution in [0, 0.1) is 0 Å². The maximum absolute atomic E-state index is 11.9. The molecule has 0 atom stereocenters. The molecule has 2 N–H and O–H groups in total. The number of methoxy groups -OCH3 is 1. The zero-order chi connectivity index (χ0) is 18.1. The Kier molecular flexibility index (Phi) is 7.28. The van der Waals surface area contributed by atoms with Crippen molar-refractivity contribution in [1.82, 2.24) is 20.4 Å². The zero-order valence-corrected chi connectivity index (χ0v) is 15.0. The Labute approximate surface area is 148 Å². The zero-order valence-electron chi connectivity index (χ0n) is 15.0. The van der Waals surface area contributed by atoms with E-state index in [0.717, 1.165) is 25.2 Å². The summed E-state index contributed by atoms with van der Waals surface area (Å²) < 4.78 is 11.2. The summed E-state index contributed by atoms with van der Waals surface area (Å²) in [6.07, 6.45) is 1.54. The van der Waals surface area contributed by atoms with E-state index in [1.54, 1.807) is 19.4 Å². The summed E-state index contributed by atoms with van der Waals surface area (Å²) >= 11 is 0. The lowest BCUT2D eigenvalue weighted by Gasteiger charge is -2.19. The van der Waals surface area contributed by atoms with Crippen LogP contribution in [0.3, 0.4) is 0 Å². The fourth-order valence-electron chi connectivity index (χ4n) is 2.43. The smallest absolute Gasteiger partial charge is 0.269 e. The molecule has 0 saturated carbocycles. The van der Waals surface area contributed by atoms with Crippen molar-refractivity contribution < 1.29 is 14.3 Å². The molecule has 1 aromatic heterocycles. The number of aromatic amines is 1. The van der Waals surface area contributed by atoms with Gasteiger partial charge in [-0.25, -0.2) is 0 Å². The predicted octanol–water partition coefficient (Wildman–Crippen LogP) is 2.07. The molecular formula is C18H26N4O3. The molecule has 136 valence electrons. The van der Waals surface area contributed by atoms with Gasteiger partial charge in [0.15, 0.2) is 11.5 Å². The number of amides is 1. The van der Waals surface area contributed by atoms with Crippen LogP contribution in [0.15, 0.2) is 30.5 Å². The highest BCUT2D eigenvalue weighted by Gasteiger charge is 2.09. The minimum atomic E-state index is -0.198. The highest BCUT2D eigenvalue weighted by Crippen LogP contribution is 2.28. The molecule has 7 heteroatoms. The van der Waals surface area contributed by atoms with Gasteiger partial charge in [-0.3, -0.25) is 9.89 Å². The monoisotopic (exact) mass is 346 g/mol. The second-order valence-electron chi connectivity index (χ2n) is 5.51. The molecule has 0 fully saturated rings. The van der Waals surface area contributed by atoms with Gasteiger partial charge < -0.3 is 19.7 Å². The molecule has 25 heavy (non-hydrogen) atoms. The summed E-state index contributed by atoms with van der Waals surface area (Å²) in [5.41, 5.74) is 1.36. The first-order valence-electron chi connectivity index (χ1n) is 8.47. The fraction of sp³-hybridized carbons (Fsp3) is 0.444. The van der Waals surface area contributed by atoms with Crippen LogP contribution in [-0.2, 0) is 6.54 Å². The average Bonchev–Trinajstić information content (AvgIpc) is 3.18. The first kappa shape index (κ1) is 18.8. The number of ether oxygens (including phenoxy) is 2. The number of nitrogens with one attached hydrogen (secondary N) is 2. The third-order valence-electron chi connectivity index (χ3n) is 3.99. The van der Waals surface area contributed by atoms with E-state index in [0.29, 0.717) is 30.3 Å². The Balaban J connectivity index is 1.90. The van der Waals surface area contributed by atoms with E-state index in [1.807, 2.05) is 18.2 Å². The van der Waals surface area contributed by atoms with E-state index < -0.39 is 0 Å². The Morgan fingerprint density at radius 2 is 2.04 bits per heavy atom. The molecule has 0 saturated heterocycles. The molecule has 0 radical (unpaired) electrons. The van der Waals surface area contributed by atoms with E-state index in [-0.39, 0.29) is 5.91 Å². The Hall–Kier alpha value is -2.54. The second kappa shape index (κ2) is 9.68. The number of benzene rings is 1. The maximum Gasteiger partial charge on any atom is 0.269 e. The summed E-state index contributed by atoms with van der Waals surface area (Å²) in [5.74, 6) is 1.17. The van der Waals surface area contributed by atoms with Gasteiger partial charge in [-0.15, -0.1) is 0 Å². The quantitative estimate of drug-likeness (QED) is 0.688. The van der Waals surface area contributed by atoms with Crippen LogP contribution < -0.4 is 14.8 Å². The normalized spacial score (nSPS) is 10.7. The van der Waals surface area contributed by atoms with Gasteiger partial charge in [0.1, 0.15) is 12.3 Å². The topological polar surface area (TPSA) is 79.5 Å². The van der Waals surface area contributed by atoms with Crippen LogP contribution in [-0.4, -0.2) is 54.4 Å². The average molecular weight is 346 g/mol. The number of hydrogen-bond donors (Lipinski definition) is 2. The largest absolute Gasteiger partial charge is 0.493 e. The molecule has 0 aliphatic heterocycles. The maximum atomic E-state index is 11.9. The molecule has 2 aromatic rings. The number of nitrogens with zero attached hydrogens (tertiary/aromatic N) is 2. The highest BCUT2D eigenvalue weighted by atomic mass is 16.5. The lowest BCUT2D eigenvalue weighted by Crippen LogP contribution is -2.28. The Morgan fingerprint density at radius 3 is 2.68 bits per heavy atom. The Bertz CT molecular complexity index is 654. The minimum absolute atomic E-state index is 0.198. The van der Waals surface area contributed by atoms with Crippen molar-refractivity contribution in [3.05, 3.63) is 41.7 Å². The number of carbonyl (C=O) groups is 1. The van der Waals surface area contributed by atoms with Gasteiger partial charge in [0.05, 0.1) is 7.11 Å². The van der Waals surface area contributed by atoms with Crippen molar-refractivity contribution in [2.75, 3.05) is 33.4 Å². The molecule has 1 heterocycles. The number of H-pyrrole nitrogens is 1. The summed E-state index contributed by atoms with van der Waals surface area (Å²) in [7, 11) is 1.61. The van der Waals surface area contributed by atoms with Gasteiger partial charge in [0, 0.05) is 19.3 Å². The fourth-order valence-corrected chi connectivity index (χ4v) is 2.43. The third-order valence-corrected chi connectivity index (χ3v) is 3.99. The third kappa shape index (κ3) is 5.49. The lowest BCUT2D eigenvalue weighted by molar-refractivity contribution is 0.0946. The van der Waals surface area contributed by atoms with E-state index in [1.165, 1.54) is 0 Å². The van der Waals surface area contributed by atoms with E-state index in [4.69, 9.17) is 9.47 Å². The van der Waals surface area contributed by atoms with Gasteiger partial charge in [-0.05, 0) is 36.9 Å². The Morgan fingerprint density at radius 1 is 1.24 bits per heavy atom. The van der Waals surface area contributed by atoms with Crippen molar-refractivity contribution in [3.8, 4) is 11.5 Å². The van der Waals surface area contributed by atoms with Crippen molar-refractivity contribution in [3.63, 3.8) is 0 Å². The van der Waals surface area contributed by atoms with Gasteiger partial charge in [0.25, 0.3) is 5.91 Å². The van der Waals surface area contributed by atoms with Crippen LogP contribution in [0.5, 0.6) is 11.5 Å². The van der Waals surface area contributed by atoms with Crippen LogP contribution >= 0.6 is 0 Å². The van der Waals surface area contributed by atoms with Crippen molar-refractivity contribution in [2.24, 2.45) is 0 Å². The van der Waals surface area contributed by atoms with E-state index >= 15 is 0 Å². The lowest BCUT2D eigenvalue weighted by atomic mass is 10.2. The molecule has 0 aliphatic carbocycles. The number of aromatic nitrogens is 2. The first-order valence-corrected chi connectivity index (χ1v) is 8.47. The number of likely N-dealkylation sites (N-methyl/N-ethyl adjacent to an activating group) is 1. The van der Waals surface area contributed by atoms with E-state index in [2.05, 4.69) is 34.3 Å². The van der Waals surface area contributed by atoms with Crippen molar-refractivity contribution in [1.29, 1.82) is 0 Å². The van der Waals surface area contributed by atoms with Crippen LogP contribution in [0.2, 0.25) is 0 Å². The molecular weight excluding hydrogens is 320 g/mol. The molecule has 1 aromatic carbocycles. The SMILES string of the molecule is CCN(CC)CCOc1ccc(CNC(=O)c2ccn[nH]2)cc1OC. The molecule has 0 aliphatic rings. The molecule has 0 unspecified atom stereocenters. The van der Waals surface area contributed by atoms with Gasteiger partial charge in [-0.2, -0.15) is 5.10 Å². The number of rotatable bonds is 10. The van der Waals surface area contributed by atoms with Gasteiger partial charge in [-0.1, -0.05) is 19.9 Å². The van der Waals surface area contributed by atoms with Crippen LogP contribution in [0.25, 0.3) is 0 Å². The van der Waals surface area contributed by atoms with Gasteiger partial charge >= 0.3 is 0 Å². The second-order valence-corrected chi connectivity index (χ2v) is 5.51. The standard InChI is InChI=1S/C18H26N4O3/c1-4-22(5-2)10-11-25-16-7-6-14(12-17(16)24-3)13-19-18(23)15-8-9-20-21-15/h6-9,12H,4-5,10-11,13H2,1-3H3,(H,19,23)(H,20,21). The summed E-state index contributed by atoms with van der Waals surface area (Å²) in [6.45, 7) is 8.16. The van der Waals surface area contributed by atoms with Crippen molar-refractivity contribution in [2.45, 2.75) is 20.4 Å². The minimum Gasteiger partial charge on any atom is -0.493 e. The number of carbonyl (C=O) groups excluding carboxylic acids is 1. The van der Waals surface area contributed by atoms with E-state index in [9.17, 15) is 4.79 Å². The molecule has 2 rings (SSSR count). The highest BCUT2D eigenvalue weighted by molar-refractivity contribution is 5.92. The summed E-state index contributed by atoms with van der Waals surface area (Å²) in [6, 6.07) is 7.30. The predicted molar refractivity (Wildman–Crippen MR) is 96.0 cm³/mol. The van der Waals surface area contributed by atoms with Gasteiger partial charge in [0.2, 0.25) is 0 Å². The molecule has 0 spiro atoms. The summed E-state index contributed by atoms with van der Waals surface area (Å²) in [5, 5.41) is 9.23. The van der Waals surface area contributed by atoms with Crippen LogP contribution in [0.4, 0.5) is 0 Å². The van der Waals surface area contributed by atoms with Crippen molar-refractivity contribution >= 4 is 5.91 Å². The molecule has 0 bridgehead atoms. The molecule has 7 nitrogen and oxygen atoms in total. The summed E-state index contributed by atoms with van der Waals surface area (Å²) in [4.78, 5) is 14.2.